The zero-order valence-corrected chi connectivity index (χ0v) is 20.5. The van der Waals surface area contributed by atoms with Crippen molar-refractivity contribution in [2.75, 3.05) is 13.7 Å². The summed E-state index contributed by atoms with van der Waals surface area (Å²) in [5.41, 5.74) is 5.13. The van der Waals surface area contributed by atoms with Crippen molar-refractivity contribution in [3.63, 3.8) is 0 Å². The van der Waals surface area contributed by atoms with E-state index >= 15 is 0 Å². The van der Waals surface area contributed by atoms with Gasteiger partial charge in [0.2, 0.25) is 11.8 Å². The van der Waals surface area contributed by atoms with Gasteiger partial charge in [0.1, 0.15) is 17.0 Å². The van der Waals surface area contributed by atoms with Crippen LogP contribution in [-0.4, -0.2) is 41.5 Å². The molecule has 2 amide bonds. The van der Waals surface area contributed by atoms with Crippen LogP contribution in [0.3, 0.4) is 0 Å². The second-order valence-electron chi connectivity index (χ2n) is 8.70. The van der Waals surface area contributed by atoms with Crippen molar-refractivity contribution >= 4 is 22.7 Å². The summed E-state index contributed by atoms with van der Waals surface area (Å²) in [5, 5.41) is 5.76. The van der Waals surface area contributed by atoms with Crippen LogP contribution in [0.15, 0.2) is 28.7 Å². The lowest BCUT2D eigenvalue weighted by Crippen LogP contribution is -2.43. The first-order valence-electron chi connectivity index (χ1n) is 11.2. The minimum atomic E-state index is -4.64. The van der Waals surface area contributed by atoms with Crippen molar-refractivity contribution in [2.45, 2.75) is 46.0 Å². The van der Waals surface area contributed by atoms with Crippen LogP contribution in [0, 0.1) is 5.92 Å². The van der Waals surface area contributed by atoms with Crippen LogP contribution >= 0.6 is 0 Å². The number of methoxy groups -OCH3 is 1. The van der Waals surface area contributed by atoms with Gasteiger partial charge in [0.25, 0.3) is 5.91 Å². The van der Waals surface area contributed by atoms with Crippen LogP contribution in [0.25, 0.3) is 22.4 Å². The van der Waals surface area contributed by atoms with Gasteiger partial charge in [0.05, 0.1) is 13.2 Å². The molecule has 3 aromatic rings. The van der Waals surface area contributed by atoms with E-state index < -0.39 is 23.8 Å². The first-order valence-corrected chi connectivity index (χ1v) is 11.2. The number of nitrogens with zero attached hydrogens (tertiary/aromatic N) is 2. The number of halogens is 3. The average Bonchev–Trinajstić information content (AvgIpc) is 3.26. The van der Waals surface area contributed by atoms with Gasteiger partial charge in [-0.2, -0.15) is 13.2 Å². The highest BCUT2D eigenvalue weighted by atomic mass is 19.4. The van der Waals surface area contributed by atoms with E-state index in [4.69, 9.17) is 14.9 Å². The molecule has 2 aromatic heterocycles. The lowest BCUT2D eigenvalue weighted by atomic mass is 10.1. The number of fused-ring (bicyclic) bond motifs is 1. The van der Waals surface area contributed by atoms with Crippen molar-refractivity contribution in [3.8, 4) is 17.2 Å². The molecule has 0 unspecified atom stereocenters. The van der Waals surface area contributed by atoms with Crippen molar-refractivity contribution < 1.29 is 31.9 Å². The molecule has 0 bridgehead atoms. The number of nitrogens with one attached hydrogen (secondary N) is 2. The monoisotopic (exact) mass is 507 g/mol. The van der Waals surface area contributed by atoms with Crippen LogP contribution in [0.5, 0.6) is 5.75 Å². The number of benzene rings is 1. The smallest absolute Gasteiger partial charge is 0.433 e. The molecule has 0 aliphatic rings. The van der Waals surface area contributed by atoms with Crippen LogP contribution in [0.1, 0.15) is 55.7 Å². The number of carbonyl (C=O) groups is 2. The van der Waals surface area contributed by atoms with E-state index in [1.165, 1.54) is 19.2 Å². The lowest BCUT2D eigenvalue weighted by Gasteiger charge is -2.16. The Morgan fingerprint density at radius 3 is 2.39 bits per heavy atom. The highest BCUT2D eigenvalue weighted by molar-refractivity contribution is 5.98. The molecule has 194 valence electrons. The number of ether oxygens (including phenoxy) is 1. The number of carbonyl (C=O) groups excluding carboxylic acids is 2. The van der Waals surface area contributed by atoms with Crippen LogP contribution in [0.4, 0.5) is 13.2 Å². The summed E-state index contributed by atoms with van der Waals surface area (Å²) in [4.78, 5) is 32.8. The minimum absolute atomic E-state index is 0.0113. The van der Waals surface area contributed by atoms with Crippen molar-refractivity contribution in [2.24, 2.45) is 11.7 Å². The number of pyridine rings is 1. The number of rotatable bonds is 8. The molecule has 0 aliphatic carbocycles. The number of oxazole rings is 1. The fraction of sp³-hybridized carbons (Fsp3) is 0.417. The highest BCUT2D eigenvalue weighted by Gasteiger charge is 2.33. The van der Waals surface area contributed by atoms with E-state index in [0.29, 0.717) is 5.56 Å². The van der Waals surface area contributed by atoms with Gasteiger partial charge < -0.3 is 25.5 Å². The second-order valence-corrected chi connectivity index (χ2v) is 8.70. The van der Waals surface area contributed by atoms with Gasteiger partial charge in [-0.05, 0) is 38.1 Å². The molecular weight excluding hydrogens is 479 g/mol. The van der Waals surface area contributed by atoms with Gasteiger partial charge in [-0.15, -0.1) is 0 Å². The Hall–Kier alpha value is -3.67. The number of amides is 2. The Labute approximate surface area is 205 Å². The molecule has 12 heteroatoms. The Balaban J connectivity index is 1.97. The predicted molar refractivity (Wildman–Crippen MR) is 126 cm³/mol. The molecule has 3 rings (SSSR count). The number of hydrogen-bond donors (Lipinski definition) is 3. The molecule has 9 nitrogen and oxygen atoms in total. The first-order chi connectivity index (χ1) is 16.8. The third-order valence-electron chi connectivity index (χ3n) is 5.32. The molecule has 2 heterocycles. The number of alkyl halides is 3. The molecule has 4 N–H and O–H groups in total. The molecule has 0 saturated heterocycles. The molecular formula is C24H28F3N5O4. The maximum absolute atomic E-state index is 13.2. The van der Waals surface area contributed by atoms with E-state index in [9.17, 15) is 22.8 Å². The Bertz CT molecular complexity index is 1270. The first kappa shape index (κ1) is 26.9. The minimum Gasteiger partial charge on any atom is -0.494 e. The normalized spacial score (nSPS) is 13.5. The molecule has 1 aromatic carbocycles. The van der Waals surface area contributed by atoms with E-state index in [1.807, 2.05) is 0 Å². The molecule has 0 fully saturated rings. The molecule has 0 spiro atoms. The van der Waals surface area contributed by atoms with Crippen LogP contribution < -0.4 is 21.1 Å². The average molecular weight is 508 g/mol. The van der Waals surface area contributed by atoms with Gasteiger partial charge >= 0.3 is 6.18 Å². The van der Waals surface area contributed by atoms with Gasteiger partial charge in [-0.3, -0.25) is 9.59 Å². The maximum Gasteiger partial charge on any atom is 0.433 e. The van der Waals surface area contributed by atoms with Crippen LogP contribution in [-0.2, 0) is 11.0 Å². The highest BCUT2D eigenvalue weighted by Crippen LogP contribution is 2.37. The van der Waals surface area contributed by atoms with E-state index in [0.717, 1.165) is 6.07 Å². The summed E-state index contributed by atoms with van der Waals surface area (Å²) >= 11 is 0. The molecule has 0 radical (unpaired) electrons. The van der Waals surface area contributed by atoms with Gasteiger partial charge in [-0.1, -0.05) is 13.8 Å². The Morgan fingerprint density at radius 2 is 1.81 bits per heavy atom. The molecule has 36 heavy (non-hydrogen) atoms. The predicted octanol–water partition coefficient (Wildman–Crippen LogP) is 3.83. The van der Waals surface area contributed by atoms with Crippen molar-refractivity contribution in [1.82, 2.24) is 20.6 Å². The van der Waals surface area contributed by atoms with E-state index in [-0.39, 0.29) is 58.4 Å². The fourth-order valence-electron chi connectivity index (χ4n) is 3.41. The number of hydrogen-bond acceptors (Lipinski definition) is 7. The second kappa shape index (κ2) is 10.5. The summed E-state index contributed by atoms with van der Waals surface area (Å²) in [6.45, 7) is 7.00. The standard InChI is InChI=1S/C24H28F3N5O4/c1-11(2)21(33)30-12(3)10-29-22(34)19-20(13(4)28)36-23(32-19)15-6-8-16(35-5)18-14(15)7-9-17(31-18)24(25,26)27/h6-9,11-13H,10,28H2,1-5H3,(H,29,34)(H,30,33)/t12-,13-/m0/s1. The van der Waals surface area contributed by atoms with Crippen molar-refractivity contribution in [1.29, 1.82) is 0 Å². The van der Waals surface area contributed by atoms with Crippen LogP contribution in [0.2, 0.25) is 0 Å². The molecule has 0 saturated carbocycles. The summed E-state index contributed by atoms with van der Waals surface area (Å²) in [7, 11) is 1.32. The zero-order valence-electron chi connectivity index (χ0n) is 20.5. The molecule has 2 atom stereocenters. The topological polar surface area (TPSA) is 132 Å². The summed E-state index contributed by atoms with van der Waals surface area (Å²) in [6, 6.07) is 4.05. The fourth-order valence-corrected chi connectivity index (χ4v) is 3.41. The maximum atomic E-state index is 13.2. The van der Waals surface area contributed by atoms with E-state index in [1.54, 1.807) is 33.8 Å². The van der Waals surface area contributed by atoms with Gasteiger partial charge in [-0.25, -0.2) is 9.97 Å². The third kappa shape index (κ3) is 5.76. The zero-order chi connectivity index (χ0) is 26.8. The summed E-state index contributed by atoms with van der Waals surface area (Å²) < 4.78 is 50.7. The Morgan fingerprint density at radius 1 is 1.11 bits per heavy atom. The van der Waals surface area contributed by atoms with Gasteiger partial charge in [0, 0.05) is 29.5 Å². The van der Waals surface area contributed by atoms with E-state index in [2.05, 4.69) is 20.6 Å². The quantitative estimate of drug-likeness (QED) is 0.422. The number of aromatic nitrogens is 2. The van der Waals surface area contributed by atoms with Crippen molar-refractivity contribution in [3.05, 3.63) is 41.4 Å². The van der Waals surface area contributed by atoms with Gasteiger partial charge in [0.15, 0.2) is 11.5 Å². The number of nitrogens with two attached hydrogens (primary N) is 1. The largest absolute Gasteiger partial charge is 0.494 e. The third-order valence-corrected chi connectivity index (χ3v) is 5.32. The Kier molecular flexibility index (Phi) is 7.87. The molecule has 0 aliphatic heterocycles. The SMILES string of the molecule is COc1ccc(-c2nc(C(=O)NC[C@H](C)NC(=O)C(C)C)c([C@H](C)N)o2)c2ccc(C(F)(F)F)nc12. The lowest BCUT2D eigenvalue weighted by molar-refractivity contribution is -0.141. The summed E-state index contributed by atoms with van der Waals surface area (Å²) in [6.07, 6.45) is -4.64. The summed E-state index contributed by atoms with van der Waals surface area (Å²) in [5.74, 6) is -0.696.